The SMILES string of the molecule is CCc1ccccc1C(=O)Cc1ccc(OC)c(F)c1. The molecule has 0 spiro atoms. The summed E-state index contributed by atoms with van der Waals surface area (Å²) in [5.74, 6) is -0.247. The highest BCUT2D eigenvalue weighted by Gasteiger charge is 2.12. The second-order valence-corrected chi connectivity index (χ2v) is 4.58. The Morgan fingerprint density at radius 1 is 1.20 bits per heavy atom. The lowest BCUT2D eigenvalue weighted by molar-refractivity contribution is 0.0992. The third kappa shape index (κ3) is 3.05. The average Bonchev–Trinajstić information content (AvgIpc) is 2.47. The van der Waals surface area contributed by atoms with Crippen molar-refractivity contribution in [3.8, 4) is 5.75 Å². The highest BCUT2D eigenvalue weighted by molar-refractivity contribution is 5.98. The number of hydrogen-bond donors (Lipinski definition) is 0. The van der Waals surface area contributed by atoms with Crippen LogP contribution in [0.2, 0.25) is 0 Å². The molecule has 2 nitrogen and oxygen atoms in total. The highest BCUT2D eigenvalue weighted by Crippen LogP contribution is 2.19. The number of ether oxygens (including phenoxy) is 1. The van der Waals surface area contributed by atoms with Crippen LogP contribution in [0.5, 0.6) is 5.75 Å². The van der Waals surface area contributed by atoms with Gasteiger partial charge < -0.3 is 4.74 Å². The van der Waals surface area contributed by atoms with Crippen LogP contribution in [0.3, 0.4) is 0 Å². The molecule has 2 aromatic rings. The number of ketones is 1. The number of Topliss-reactive ketones (excluding diaryl/α,β-unsaturated/α-hetero) is 1. The highest BCUT2D eigenvalue weighted by atomic mass is 19.1. The molecule has 3 heteroatoms. The maximum absolute atomic E-state index is 13.6. The molecule has 20 heavy (non-hydrogen) atoms. The molecule has 0 N–H and O–H groups in total. The Morgan fingerprint density at radius 3 is 2.60 bits per heavy atom. The molecule has 0 unspecified atom stereocenters. The molecule has 0 radical (unpaired) electrons. The molecule has 0 fully saturated rings. The molecule has 0 aliphatic heterocycles. The summed E-state index contributed by atoms with van der Waals surface area (Å²) in [7, 11) is 1.42. The summed E-state index contributed by atoms with van der Waals surface area (Å²) in [4.78, 5) is 12.3. The number of rotatable bonds is 5. The van der Waals surface area contributed by atoms with Gasteiger partial charge in [-0.25, -0.2) is 4.39 Å². The van der Waals surface area contributed by atoms with E-state index in [1.165, 1.54) is 13.2 Å². The lowest BCUT2D eigenvalue weighted by Gasteiger charge is -2.08. The largest absolute Gasteiger partial charge is 0.494 e. The first kappa shape index (κ1) is 14.3. The van der Waals surface area contributed by atoms with Crippen LogP contribution >= 0.6 is 0 Å². The monoisotopic (exact) mass is 272 g/mol. The summed E-state index contributed by atoms with van der Waals surface area (Å²) in [5, 5.41) is 0. The van der Waals surface area contributed by atoms with Crippen LogP contribution in [0.25, 0.3) is 0 Å². The normalized spacial score (nSPS) is 10.3. The minimum atomic E-state index is -0.443. The fraction of sp³-hybridized carbons (Fsp3) is 0.235. The molecular weight excluding hydrogens is 255 g/mol. The van der Waals surface area contributed by atoms with E-state index in [4.69, 9.17) is 4.74 Å². The Bertz CT molecular complexity index is 620. The summed E-state index contributed by atoms with van der Waals surface area (Å²) >= 11 is 0. The van der Waals surface area contributed by atoms with Crippen LogP contribution in [0.1, 0.15) is 28.4 Å². The summed E-state index contributed by atoms with van der Waals surface area (Å²) in [5.41, 5.74) is 2.39. The summed E-state index contributed by atoms with van der Waals surface area (Å²) < 4.78 is 18.5. The van der Waals surface area contributed by atoms with E-state index < -0.39 is 5.82 Å². The first-order valence-electron chi connectivity index (χ1n) is 6.59. The van der Waals surface area contributed by atoms with Gasteiger partial charge in [0.1, 0.15) is 0 Å². The van der Waals surface area contributed by atoms with Gasteiger partial charge in [-0.3, -0.25) is 4.79 Å². The van der Waals surface area contributed by atoms with Gasteiger partial charge in [0.25, 0.3) is 0 Å². The van der Waals surface area contributed by atoms with Gasteiger partial charge in [0.05, 0.1) is 7.11 Å². The van der Waals surface area contributed by atoms with Crippen LogP contribution in [-0.2, 0) is 12.8 Å². The number of carbonyl (C=O) groups is 1. The van der Waals surface area contributed by atoms with Gasteiger partial charge in [-0.05, 0) is 29.7 Å². The van der Waals surface area contributed by atoms with Crippen LogP contribution in [0.4, 0.5) is 4.39 Å². The van der Waals surface area contributed by atoms with Crippen molar-refractivity contribution in [2.75, 3.05) is 7.11 Å². The zero-order valence-corrected chi connectivity index (χ0v) is 11.7. The van der Waals surface area contributed by atoms with Crippen LogP contribution in [0.15, 0.2) is 42.5 Å². The lowest BCUT2D eigenvalue weighted by atomic mass is 9.97. The zero-order valence-electron chi connectivity index (χ0n) is 11.7. The number of aryl methyl sites for hydroxylation is 1. The third-order valence-electron chi connectivity index (χ3n) is 3.28. The molecule has 0 atom stereocenters. The molecule has 0 bridgehead atoms. The Balaban J connectivity index is 2.21. The minimum absolute atomic E-state index is 0.00650. The van der Waals surface area contributed by atoms with E-state index in [0.717, 1.165) is 12.0 Å². The second kappa shape index (κ2) is 6.33. The molecular formula is C17H17FO2. The molecule has 0 amide bonds. The maximum atomic E-state index is 13.6. The van der Waals surface area contributed by atoms with Gasteiger partial charge in [-0.1, -0.05) is 37.3 Å². The van der Waals surface area contributed by atoms with Crippen LogP contribution < -0.4 is 4.74 Å². The average molecular weight is 272 g/mol. The first-order chi connectivity index (χ1) is 9.65. The van der Waals surface area contributed by atoms with Gasteiger partial charge in [0.2, 0.25) is 0 Å². The Morgan fingerprint density at radius 2 is 1.95 bits per heavy atom. The Kier molecular flexibility index (Phi) is 4.51. The van der Waals surface area contributed by atoms with Crippen molar-refractivity contribution in [3.05, 3.63) is 65.0 Å². The standard InChI is InChI=1S/C17H17FO2/c1-3-13-6-4-5-7-14(13)16(19)11-12-8-9-17(20-2)15(18)10-12/h4-10H,3,11H2,1-2H3. The topological polar surface area (TPSA) is 26.3 Å². The molecule has 0 aliphatic carbocycles. The number of carbonyl (C=O) groups excluding carboxylic acids is 1. The number of methoxy groups -OCH3 is 1. The predicted octanol–water partition coefficient (Wildman–Crippen LogP) is 3.82. The van der Waals surface area contributed by atoms with Crippen LogP contribution in [0, 0.1) is 5.82 Å². The van der Waals surface area contributed by atoms with Crippen LogP contribution in [-0.4, -0.2) is 12.9 Å². The minimum Gasteiger partial charge on any atom is -0.494 e. The molecule has 0 saturated carbocycles. The molecule has 0 saturated heterocycles. The Hall–Kier alpha value is -2.16. The van der Waals surface area contributed by atoms with Crippen molar-refractivity contribution in [1.82, 2.24) is 0 Å². The van der Waals surface area contributed by atoms with Crippen molar-refractivity contribution in [2.45, 2.75) is 19.8 Å². The molecule has 104 valence electrons. The lowest BCUT2D eigenvalue weighted by Crippen LogP contribution is -2.07. The van der Waals surface area contributed by atoms with E-state index in [0.29, 0.717) is 11.1 Å². The van der Waals surface area contributed by atoms with E-state index >= 15 is 0 Å². The number of hydrogen-bond acceptors (Lipinski definition) is 2. The maximum Gasteiger partial charge on any atom is 0.167 e. The fourth-order valence-electron chi connectivity index (χ4n) is 2.20. The fourth-order valence-corrected chi connectivity index (χ4v) is 2.20. The third-order valence-corrected chi connectivity index (χ3v) is 3.28. The van der Waals surface area contributed by atoms with Crippen molar-refractivity contribution in [3.63, 3.8) is 0 Å². The van der Waals surface area contributed by atoms with E-state index in [9.17, 15) is 9.18 Å². The van der Waals surface area contributed by atoms with Gasteiger partial charge in [-0.15, -0.1) is 0 Å². The molecule has 0 aromatic heterocycles. The Labute approximate surface area is 118 Å². The summed E-state index contributed by atoms with van der Waals surface area (Å²) in [6, 6.07) is 12.1. The molecule has 2 rings (SSSR count). The number of halogens is 1. The molecule has 0 heterocycles. The first-order valence-corrected chi connectivity index (χ1v) is 6.59. The van der Waals surface area contributed by atoms with Crippen molar-refractivity contribution >= 4 is 5.78 Å². The van der Waals surface area contributed by atoms with Crippen molar-refractivity contribution in [1.29, 1.82) is 0 Å². The molecule has 2 aromatic carbocycles. The smallest absolute Gasteiger partial charge is 0.167 e. The quantitative estimate of drug-likeness (QED) is 0.773. The van der Waals surface area contributed by atoms with E-state index in [1.54, 1.807) is 12.1 Å². The van der Waals surface area contributed by atoms with E-state index in [-0.39, 0.29) is 18.0 Å². The van der Waals surface area contributed by atoms with Gasteiger partial charge in [-0.2, -0.15) is 0 Å². The van der Waals surface area contributed by atoms with Gasteiger partial charge in [0, 0.05) is 12.0 Å². The summed E-state index contributed by atoms with van der Waals surface area (Å²) in [6.07, 6.45) is 0.997. The predicted molar refractivity (Wildman–Crippen MR) is 76.8 cm³/mol. The molecule has 0 aliphatic rings. The van der Waals surface area contributed by atoms with E-state index in [2.05, 4.69) is 0 Å². The van der Waals surface area contributed by atoms with Crippen molar-refractivity contribution in [2.24, 2.45) is 0 Å². The number of benzene rings is 2. The van der Waals surface area contributed by atoms with Gasteiger partial charge >= 0.3 is 0 Å². The summed E-state index contributed by atoms with van der Waals surface area (Å²) in [6.45, 7) is 2.01. The van der Waals surface area contributed by atoms with E-state index in [1.807, 2.05) is 31.2 Å². The zero-order chi connectivity index (χ0) is 14.5. The van der Waals surface area contributed by atoms with Gasteiger partial charge in [0.15, 0.2) is 17.3 Å². The van der Waals surface area contributed by atoms with Crippen molar-refractivity contribution < 1.29 is 13.9 Å². The second-order valence-electron chi connectivity index (χ2n) is 4.58.